The van der Waals surface area contributed by atoms with Crippen LogP contribution in [-0.4, -0.2) is 10.7 Å². The highest BCUT2D eigenvalue weighted by molar-refractivity contribution is 5.61. The first-order chi connectivity index (χ1) is 8.46. The van der Waals surface area contributed by atoms with Gasteiger partial charge >= 0.3 is 0 Å². The highest BCUT2D eigenvalue weighted by Crippen LogP contribution is 2.23. The molecule has 2 rings (SSSR count). The van der Waals surface area contributed by atoms with E-state index in [1.54, 1.807) is 0 Å². The zero-order valence-corrected chi connectivity index (χ0v) is 11.4. The molecule has 0 fully saturated rings. The van der Waals surface area contributed by atoms with Gasteiger partial charge in [-0.25, -0.2) is 0 Å². The lowest BCUT2D eigenvalue weighted by Gasteiger charge is -2.19. The average molecular weight is 244 g/mol. The molecule has 0 aliphatic heterocycles. The molecule has 3 nitrogen and oxygen atoms in total. The topological polar surface area (TPSA) is 38.1 Å². The molecule has 0 aliphatic carbocycles. The van der Waals surface area contributed by atoms with E-state index in [-0.39, 0.29) is 5.54 Å². The van der Waals surface area contributed by atoms with E-state index in [4.69, 9.17) is 4.52 Å². The third-order valence-electron chi connectivity index (χ3n) is 2.77. The molecule has 1 N–H and O–H groups in total. The van der Waals surface area contributed by atoms with Crippen LogP contribution < -0.4 is 5.32 Å². The van der Waals surface area contributed by atoms with Gasteiger partial charge in [-0.1, -0.05) is 29.4 Å². The van der Waals surface area contributed by atoms with Gasteiger partial charge in [0, 0.05) is 23.7 Å². The predicted molar refractivity (Wildman–Crippen MR) is 73.3 cm³/mol. The Morgan fingerprint density at radius 1 is 1.22 bits per heavy atom. The SMILES string of the molecule is Cc1ccccc1-c1cc(CNC(C)(C)C)no1. The number of nitrogens with one attached hydrogen (secondary N) is 1. The fraction of sp³-hybridized carbons (Fsp3) is 0.400. The van der Waals surface area contributed by atoms with Gasteiger partial charge in [0.1, 0.15) is 0 Å². The molecule has 1 heterocycles. The molecule has 1 aromatic heterocycles. The van der Waals surface area contributed by atoms with E-state index >= 15 is 0 Å². The molecule has 0 atom stereocenters. The predicted octanol–water partition coefficient (Wildman–Crippen LogP) is 3.54. The summed E-state index contributed by atoms with van der Waals surface area (Å²) in [7, 11) is 0. The van der Waals surface area contributed by atoms with Crippen LogP contribution in [0.1, 0.15) is 32.0 Å². The van der Waals surface area contributed by atoms with E-state index in [2.05, 4.69) is 50.3 Å². The molecule has 1 aromatic carbocycles. The number of benzene rings is 1. The van der Waals surface area contributed by atoms with Crippen LogP contribution in [0.15, 0.2) is 34.9 Å². The van der Waals surface area contributed by atoms with Crippen molar-refractivity contribution in [3.8, 4) is 11.3 Å². The van der Waals surface area contributed by atoms with Crippen molar-refractivity contribution in [2.24, 2.45) is 0 Å². The Morgan fingerprint density at radius 2 is 1.94 bits per heavy atom. The van der Waals surface area contributed by atoms with E-state index in [1.807, 2.05) is 18.2 Å². The highest BCUT2D eigenvalue weighted by Gasteiger charge is 2.12. The van der Waals surface area contributed by atoms with E-state index in [9.17, 15) is 0 Å². The number of hydrogen-bond donors (Lipinski definition) is 1. The summed E-state index contributed by atoms with van der Waals surface area (Å²) < 4.78 is 5.41. The third kappa shape index (κ3) is 3.20. The third-order valence-corrected chi connectivity index (χ3v) is 2.77. The maximum atomic E-state index is 5.41. The van der Waals surface area contributed by atoms with Gasteiger partial charge < -0.3 is 9.84 Å². The minimum Gasteiger partial charge on any atom is -0.356 e. The summed E-state index contributed by atoms with van der Waals surface area (Å²) in [6.45, 7) is 9.20. The summed E-state index contributed by atoms with van der Waals surface area (Å²) in [5.74, 6) is 0.832. The van der Waals surface area contributed by atoms with Crippen LogP contribution in [0.3, 0.4) is 0 Å². The van der Waals surface area contributed by atoms with Gasteiger partial charge in [0.05, 0.1) is 5.69 Å². The molecule has 18 heavy (non-hydrogen) atoms. The van der Waals surface area contributed by atoms with Crippen LogP contribution in [-0.2, 0) is 6.54 Å². The molecular formula is C15H20N2O. The van der Waals surface area contributed by atoms with Gasteiger partial charge in [0.25, 0.3) is 0 Å². The molecule has 0 saturated heterocycles. The van der Waals surface area contributed by atoms with Gasteiger partial charge in [-0.2, -0.15) is 0 Å². The average Bonchev–Trinajstić information content (AvgIpc) is 2.75. The monoisotopic (exact) mass is 244 g/mol. The normalized spacial score (nSPS) is 11.8. The molecule has 0 bridgehead atoms. The van der Waals surface area contributed by atoms with Crippen molar-refractivity contribution in [1.82, 2.24) is 10.5 Å². The first kappa shape index (κ1) is 12.8. The Bertz CT molecular complexity index is 523. The van der Waals surface area contributed by atoms with E-state index in [0.717, 1.165) is 23.6 Å². The summed E-state index contributed by atoms with van der Waals surface area (Å²) in [6.07, 6.45) is 0. The zero-order valence-electron chi connectivity index (χ0n) is 11.4. The zero-order chi connectivity index (χ0) is 13.2. The standard InChI is InChI=1S/C15H20N2O/c1-11-7-5-6-8-13(11)14-9-12(17-18-14)10-16-15(2,3)4/h5-9,16H,10H2,1-4H3. The molecule has 0 spiro atoms. The van der Waals surface area contributed by atoms with Gasteiger partial charge in [0.15, 0.2) is 5.76 Å². The van der Waals surface area contributed by atoms with Crippen LogP contribution in [0.2, 0.25) is 0 Å². The van der Waals surface area contributed by atoms with Crippen LogP contribution >= 0.6 is 0 Å². The summed E-state index contributed by atoms with van der Waals surface area (Å²) in [5, 5.41) is 7.49. The summed E-state index contributed by atoms with van der Waals surface area (Å²) in [6, 6.07) is 10.2. The Hall–Kier alpha value is -1.61. The molecule has 0 radical (unpaired) electrons. The van der Waals surface area contributed by atoms with Crippen molar-refractivity contribution in [3.63, 3.8) is 0 Å². The summed E-state index contributed by atoms with van der Waals surface area (Å²) in [5.41, 5.74) is 3.32. The lowest BCUT2D eigenvalue weighted by Crippen LogP contribution is -2.35. The van der Waals surface area contributed by atoms with Gasteiger partial charge in [0.2, 0.25) is 0 Å². The Labute approximate surface area is 108 Å². The number of hydrogen-bond acceptors (Lipinski definition) is 3. The van der Waals surface area contributed by atoms with Gasteiger partial charge in [-0.05, 0) is 33.3 Å². The molecule has 0 amide bonds. The van der Waals surface area contributed by atoms with Crippen molar-refractivity contribution >= 4 is 0 Å². The van der Waals surface area contributed by atoms with E-state index in [1.165, 1.54) is 5.56 Å². The smallest absolute Gasteiger partial charge is 0.167 e. The maximum Gasteiger partial charge on any atom is 0.167 e. The second-order valence-electron chi connectivity index (χ2n) is 5.60. The fourth-order valence-electron chi connectivity index (χ4n) is 1.73. The second kappa shape index (κ2) is 4.94. The first-order valence-electron chi connectivity index (χ1n) is 6.22. The van der Waals surface area contributed by atoms with Crippen molar-refractivity contribution in [1.29, 1.82) is 0 Å². The van der Waals surface area contributed by atoms with Crippen LogP contribution in [0, 0.1) is 6.92 Å². The minimum atomic E-state index is 0.0851. The second-order valence-corrected chi connectivity index (χ2v) is 5.60. The molecule has 0 aliphatic rings. The highest BCUT2D eigenvalue weighted by atomic mass is 16.5. The first-order valence-corrected chi connectivity index (χ1v) is 6.22. The number of aromatic nitrogens is 1. The van der Waals surface area contributed by atoms with Crippen molar-refractivity contribution < 1.29 is 4.52 Å². The van der Waals surface area contributed by atoms with Crippen LogP contribution in [0.4, 0.5) is 0 Å². The Morgan fingerprint density at radius 3 is 2.61 bits per heavy atom. The van der Waals surface area contributed by atoms with Crippen LogP contribution in [0.5, 0.6) is 0 Å². The summed E-state index contributed by atoms with van der Waals surface area (Å²) in [4.78, 5) is 0. The minimum absolute atomic E-state index is 0.0851. The van der Waals surface area contributed by atoms with Crippen molar-refractivity contribution in [3.05, 3.63) is 41.6 Å². The molecule has 0 unspecified atom stereocenters. The largest absolute Gasteiger partial charge is 0.356 e. The molecule has 96 valence electrons. The summed E-state index contributed by atoms with van der Waals surface area (Å²) >= 11 is 0. The fourth-order valence-corrected chi connectivity index (χ4v) is 1.73. The van der Waals surface area contributed by atoms with Crippen molar-refractivity contribution in [2.75, 3.05) is 0 Å². The lowest BCUT2D eigenvalue weighted by molar-refractivity contribution is 0.392. The number of nitrogens with zero attached hydrogens (tertiary/aromatic N) is 1. The van der Waals surface area contributed by atoms with Crippen LogP contribution in [0.25, 0.3) is 11.3 Å². The molecule has 0 saturated carbocycles. The number of rotatable bonds is 3. The van der Waals surface area contributed by atoms with E-state index in [0.29, 0.717) is 0 Å². The Kier molecular flexibility index (Phi) is 3.53. The maximum absolute atomic E-state index is 5.41. The van der Waals surface area contributed by atoms with Gasteiger partial charge in [-0.15, -0.1) is 0 Å². The quantitative estimate of drug-likeness (QED) is 0.897. The number of aryl methyl sites for hydroxylation is 1. The lowest BCUT2D eigenvalue weighted by atomic mass is 10.1. The van der Waals surface area contributed by atoms with E-state index < -0.39 is 0 Å². The van der Waals surface area contributed by atoms with Crippen molar-refractivity contribution in [2.45, 2.75) is 39.8 Å². The van der Waals surface area contributed by atoms with Gasteiger partial charge in [-0.3, -0.25) is 0 Å². The molecule has 3 heteroatoms. The molecular weight excluding hydrogens is 224 g/mol. The Balaban J connectivity index is 2.14. The molecule has 2 aromatic rings.